The molecule has 2 heterocycles. The smallest absolute Gasteiger partial charge is 0.137 e. The summed E-state index contributed by atoms with van der Waals surface area (Å²) >= 11 is 3.49. The normalized spacial score (nSPS) is 13.2. The van der Waals surface area contributed by atoms with Gasteiger partial charge in [0.2, 0.25) is 0 Å². The van der Waals surface area contributed by atoms with Gasteiger partial charge in [0.05, 0.1) is 11.4 Å². The number of fused-ring (bicyclic) bond motifs is 1. The number of unbranched alkanes of at least 4 members (excludes halogenated alkanes) is 1. The zero-order valence-corrected chi connectivity index (χ0v) is 11.9. The van der Waals surface area contributed by atoms with E-state index in [9.17, 15) is 0 Å². The minimum Gasteiger partial charge on any atom is -0.323 e. The number of nitrogens with two attached hydrogens (primary N) is 1. The quantitative estimate of drug-likeness (QED) is 0.937. The molecule has 0 amide bonds. The molecule has 17 heavy (non-hydrogen) atoms. The highest BCUT2D eigenvalue weighted by atomic mass is 79.9. The fourth-order valence-corrected chi connectivity index (χ4v) is 2.50. The summed E-state index contributed by atoms with van der Waals surface area (Å²) in [6, 6.07) is 4.08. The Morgan fingerprint density at radius 1 is 1.47 bits per heavy atom. The van der Waals surface area contributed by atoms with E-state index in [4.69, 9.17) is 5.73 Å². The SMILES string of the molecule is CCCCC(N)c1c(C)nc2ccc(Br)cn12. The zero-order valence-electron chi connectivity index (χ0n) is 10.3. The second-order valence-electron chi connectivity index (χ2n) is 4.41. The van der Waals surface area contributed by atoms with E-state index in [0.717, 1.165) is 34.3 Å². The number of nitrogens with zero attached hydrogens (tertiary/aromatic N) is 2. The molecule has 2 rings (SSSR count). The van der Waals surface area contributed by atoms with Crippen molar-refractivity contribution >= 4 is 21.6 Å². The largest absolute Gasteiger partial charge is 0.323 e. The molecular weight excluding hydrogens is 278 g/mol. The number of hydrogen-bond acceptors (Lipinski definition) is 2. The van der Waals surface area contributed by atoms with Crippen molar-refractivity contribution in [1.82, 2.24) is 9.38 Å². The standard InChI is InChI=1S/C13H18BrN3/c1-3-4-5-11(15)13-9(2)16-12-7-6-10(14)8-17(12)13/h6-8,11H,3-5,15H2,1-2H3. The van der Waals surface area contributed by atoms with Crippen molar-refractivity contribution in [1.29, 1.82) is 0 Å². The molecule has 0 saturated carbocycles. The number of aromatic nitrogens is 2. The minimum absolute atomic E-state index is 0.0687. The molecule has 0 aliphatic heterocycles. The molecule has 0 saturated heterocycles. The van der Waals surface area contributed by atoms with Gasteiger partial charge in [0.15, 0.2) is 0 Å². The van der Waals surface area contributed by atoms with Crippen LogP contribution in [0.3, 0.4) is 0 Å². The predicted octanol–water partition coefficient (Wildman–Crippen LogP) is 3.60. The third-order valence-corrected chi connectivity index (χ3v) is 3.49. The Hall–Kier alpha value is -0.870. The Morgan fingerprint density at radius 3 is 2.94 bits per heavy atom. The van der Waals surface area contributed by atoms with Crippen LogP contribution in [-0.4, -0.2) is 9.38 Å². The Kier molecular flexibility index (Phi) is 3.84. The van der Waals surface area contributed by atoms with E-state index in [-0.39, 0.29) is 6.04 Å². The van der Waals surface area contributed by atoms with Crippen LogP contribution in [0.25, 0.3) is 5.65 Å². The van der Waals surface area contributed by atoms with Crippen LogP contribution in [0, 0.1) is 6.92 Å². The first kappa shape index (κ1) is 12.6. The van der Waals surface area contributed by atoms with Crippen molar-refractivity contribution in [2.75, 3.05) is 0 Å². The van der Waals surface area contributed by atoms with Crippen molar-refractivity contribution in [3.05, 3.63) is 34.2 Å². The molecule has 0 spiro atoms. The number of halogens is 1. The van der Waals surface area contributed by atoms with Gasteiger partial charge in [-0.1, -0.05) is 19.8 Å². The van der Waals surface area contributed by atoms with Crippen LogP contribution in [0.4, 0.5) is 0 Å². The van der Waals surface area contributed by atoms with Crippen molar-refractivity contribution in [3.63, 3.8) is 0 Å². The molecule has 1 unspecified atom stereocenters. The average molecular weight is 296 g/mol. The van der Waals surface area contributed by atoms with E-state index >= 15 is 0 Å². The maximum Gasteiger partial charge on any atom is 0.137 e. The number of rotatable bonds is 4. The van der Waals surface area contributed by atoms with Crippen LogP contribution in [-0.2, 0) is 0 Å². The Balaban J connectivity index is 2.44. The van der Waals surface area contributed by atoms with Crippen molar-refractivity contribution < 1.29 is 0 Å². The average Bonchev–Trinajstić information content (AvgIpc) is 2.61. The molecule has 0 aliphatic carbocycles. The summed E-state index contributed by atoms with van der Waals surface area (Å²) in [5.41, 5.74) is 9.40. The van der Waals surface area contributed by atoms with Gasteiger partial charge < -0.3 is 10.1 Å². The van der Waals surface area contributed by atoms with Crippen LogP contribution >= 0.6 is 15.9 Å². The number of imidazole rings is 1. The second kappa shape index (κ2) is 5.19. The molecule has 2 aromatic heterocycles. The summed E-state index contributed by atoms with van der Waals surface area (Å²) in [5.74, 6) is 0. The van der Waals surface area contributed by atoms with E-state index in [1.165, 1.54) is 6.42 Å². The first-order valence-corrected chi connectivity index (χ1v) is 6.82. The third kappa shape index (κ3) is 2.53. The highest BCUT2D eigenvalue weighted by Crippen LogP contribution is 2.23. The Bertz CT molecular complexity index is 519. The highest BCUT2D eigenvalue weighted by molar-refractivity contribution is 9.10. The lowest BCUT2D eigenvalue weighted by atomic mass is 10.1. The summed E-state index contributed by atoms with van der Waals surface area (Å²) in [6.45, 7) is 4.21. The van der Waals surface area contributed by atoms with Crippen LogP contribution in [0.1, 0.15) is 43.6 Å². The third-order valence-electron chi connectivity index (χ3n) is 3.02. The summed E-state index contributed by atoms with van der Waals surface area (Å²) in [6.07, 6.45) is 5.38. The van der Waals surface area contributed by atoms with Crippen LogP contribution in [0.5, 0.6) is 0 Å². The van der Waals surface area contributed by atoms with Crippen LogP contribution in [0.15, 0.2) is 22.8 Å². The van der Waals surface area contributed by atoms with Gasteiger partial charge in [0.25, 0.3) is 0 Å². The first-order valence-electron chi connectivity index (χ1n) is 6.03. The van der Waals surface area contributed by atoms with Gasteiger partial charge in [-0.3, -0.25) is 0 Å². The summed E-state index contributed by atoms with van der Waals surface area (Å²) in [7, 11) is 0. The molecule has 2 N–H and O–H groups in total. The summed E-state index contributed by atoms with van der Waals surface area (Å²) in [4.78, 5) is 4.55. The maximum atomic E-state index is 6.27. The zero-order chi connectivity index (χ0) is 12.4. The van der Waals surface area contributed by atoms with Crippen LogP contribution in [0.2, 0.25) is 0 Å². The molecular formula is C13H18BrN3. The van der Waals surface area contributed by atoms with E-state index in [0.29, 0.717) is 0 Å². The molecule has 0 radical (unpaired) electrons. The van der Waals surface area contributed by atoms with Gasteiger partial charge in [-0.15, -0.1) is 0 Å². The van der Waals surface area contributed by atoms with Crippen molar-refractivity contribution in [3.8, 4) is 0 Å². The summed E-state index contributed by atoms with van der Waals surface area (Å²) in [5, 5.41) is 0. The molecule has 0 aliphatic rings. The molecule has 0 aromatic carbocycles. The van der Waals surface area contributed by atoms with Gasteiger partial charge in [0, 0.05) is 16.7 Å². The van der Waals surface area contributed by atoms with E-state index in [1.807, 2.05) is 25.3 Å². The summed E-state index contributed by atoms with van der Waals surface area (Å²) < 4.78 is 3.14. The fraction of sp³-hybridized carbons (Fsp3) is 0.462. The van der Waals surface area contributed by atoms with E-state index < -0.39 is 0 Å². The van der Waals surface area contributed by atoms with Crippen LogP contribution < -0.4 is 5.73 Å². The van der Waals surface area contributed by atoms with Gasteiger partial charge >= 0.3 is 0 Å². The van der Waals surface area contributed by atoms with E-state index in [1.54, 1.807) is 0 Å². The van der Waals surface area contributed by atoms with Gasteiger partial charge in [-0.05, 0) is 41.4 Å². The predicted molar refractivity (Wildman–Crippen MR) is 74.1 cm³/mol. The minimum atomic E-state index is 0.0687. The lowest BCUT2D eigenvalue weighted by Crippen LogP contribution is -2.13. The Labute approximate surface area is 110 Å². The second-order valence-corrected chi connectivity index (χ2v) is 5.32. The van der Waals surface area contributed by atoms with Gasteiger partial charge in [0.1, 0.15) is 5.65 Å². The number of pyridine rings is 1. The number of hydrogen-bond donors (Lipinski definition) is 1. The lowest BCUT2D eigenvalue weighted by molar-refractivity contribution is 0.584. The lowest BCUT2D eigenvalue weighted by Gasteiger charge is -2.12. The molecule has 2 aromatic rings. The molecule has 92 valence electrons. The maximum absolute atomic E-state index is 6.27. The fourth-order valence-electron chi connectivity index (χ4n) is 2.16. The van der Waals surface area contributed by atoms with Crippen molar-refractivity contribution in [2.45, 2.75) is 39.2 Å². The highest BCUT2D eigenvalue weighted by Gasteiger charge is 2.15. The van der Waals surface area contributed by atoms with Crippen molar-refractivity contribution in [2.24, 2.45) is 5.73 Å². The molecule has 4 heteroatoms. The van der Waals surface area contributed by atoms with Gasteiger partial charge in [-0.2, -0.15) is 0 Å². The molecule has 0 bridgehead atoms. The molecule has 0 fully saturated rings. The molecule has 3 nitrogen and oxygen atoms in total. The molecule has 1 atom stereocenters. The van der Waals surface area contributed by atoms with Gasteiger partial charge in [-0.25, -0.2) is 4.98 Å². The topological polar surface area (TPSA) is 43.3 Å². The Morgan fingerprint density at radius 2 is 2.24 bits per heavy atom. The van der Waals surface area contributed by atoms with E-state index in [2.05, 4.69) is 32.2 Å². The number of aryl methyl sites for hydroxylation is 1. The first-order chi connectivity index (χ1) is 8.13. The monoisotopic (exact) mass is 295 g/mol.